The predicted molar refractivity (Wildman–Crippen MR) is 63.3 cm³/mol. The minimum absolute atomic E-state index is 0.149. The molecule has 1 fully saturated rings. The number of hydrogen-bond acceptors (Lipinski definition) is 3. The van der Waals surface area contributed by atoms with Gasteiger partial charge in [-0.2, -0.15) is 0 Å². The van der Waals surface area contributed by atoms with Gasteiger partial charge in [-0.25, -0.2) is 0 Å². The number of benzene rings is 1. The first-order chi connectivity index (χ1) is 7.93. The molecular weight excluding hydrogens is 218 g/mol. The standard InChI is InChI=1S/C13H15NO3/c1-9(15)11-8-13(2,17)14(12(11)16)10-6-4-3-5-7-10/h3-7,11,17H,8H2,1-2H3. The van der Waals surface area contributed by atoms with Crippen LogP contribution in [0.3, 0.4) is 0 Å². The van der Waals surface area contributed by atoms with Crippen LogP contribution in [0, 0.1) is 5.92 Å². The molecule has 1 aromatic rings. The molecule has 0 aliphatic carbocycles. The summed E-state index contributed by atoms with van der Waals surface area (Å²) in [4.78, 5) is 24.8. The minimum atomic E-state index is -1.30. The van der Waals surface area contributed by atoms with Crippen LogP contribution in [0.5, 0.6) is 0 Å². The number of Topliss-reactive ketones (excluding diaryl/α,β-unsaturated/α-hetero) is 1. The Kier molecular flexibility index (Phi) is 2.75. The number of anilines is 1. The van der Waals surface area contributed by atoms with E-state index >= 15 is 0 Å². The van der Waals surface area contributed by atoms with Crippen LogP contribution < -0.4 is 4.90 Å². The Hall–Kier alpha value is -1.68. The molecule has 1 saturated heterocycles. The molecule has 0 bridgehead atoms. The quantitative estimate of drug-likeness (QED) is 0.784. The van der Waals surface area contributed by atoms with Gasteiger partial charge in [0.25, 0.3) is 0 Å². The summed E-state index contributed by atoms with van der Waals surface area (Å²) >= 11 is 0. The third kappa shape index (κ3) is 1.96. The topological polar surface area (TPSA) is 57.6 Å². The summed E-state index contributed by atoms with van der Waals surface area (Å²) in [6.07, 6.45) is 0.149. The van der Waals surface area contributed by atoms with Crippen molar-refractivity contribution in [2.75, 3.05) is 4.90 Å². The number of carbonyl (C=O) groups excluding carboxylic acids is 2. The van der Waals surface area contributed by atoms with Gasteiger partial charge in [0.2, 0.25) is 5.91 Å². The molecule has 2 unspecified atom stereocenters. The molecular formula is C13H15NO3. The van der Waals surface area contributed by atoms with E-state index in [9.17, 15) is 14.7 Å². The lowest BCUT2D eigenvalue weighted by molar-refractivity contribution is -0.129. The third-order valence-electron chi connectivity index (χ3n) is 3.10. The number of ketones is 1. The molecule has 17 heavy (non-hydrogen) atoms. The van der Waals surface area contributed by atoms with E-state index < -0.39 is 11.6 Å². The van der Waals surface area contributed by atoms with E-state index in [1.807, 2.05) is 6.07 Å². The number of rotatable bonds is 2. The second-order valence-corrected chi connectivity index (χ2v) is 4.59. The summed E-state index contributed by atoms with van der Waals surface area (Å²) in [7, 11) is 0. The van der Waals surface area contributed by atoms with E-state index in [1.165, 1.54) is 11.8 Å². The van der Waals surface area contributed by atoms with E-state index in [0.29, 0.717) is 5.69 Å². The van der Waals surface area contributed by atoms with Gasteiger partial charge >= 0.3 is 0 Å². The van der Waals surface area contributed by atoms with Gasteiger partial charge in [-0.3, -0.25) is 14.5 Å². The van der Waals surface area contributed by atoms with E-state index in [1.54, 1.807) is 31.2 Å². The van der Waals surface area contributed by atoms with Crippen LogP contribution in [-0.2, 0) is 9.59 Å². The van der Waals surface area contributed by atoms with Crippen molar-refractivity contribution in [2.45, 2.75) is 26.0 Å². The summed E-state index contributed by atoms with van der Waals surface area (Å²) in [5.74, 6) is -1.26. The first-order valence-electron chi connectivity index (χ1n) is 5.55. The maximum atomic E-state index is 12.1. The smallest absolute Gasteiger partial charge is 0.240 e. The van der Waals surface area contributed by atoms with E-state index in [2.05, 4.69) is 0 Å². The second kappa shape index (κ2) is 3.96. The van der Waals surface area contributed by atoms with Gasteiger partial charge in [-0.15, -0.1) is 0 Å². The summed E-state index contributed by atoms with van der Waals surface area (Å²) in [6, 6.07) is 8.91. The molecule has 0 aromatic heterocycles. The number of hydrogen-bond donors (Lipinski definition) is 1. The van der Waals surface area contributed by atoms with Gasteiger partial charge in [0.05, 0.1) is 0 Å². The average molecular weight is 233 g/mol. The Balaban J connectivity index is 2.40. The zero-order chi connectivity index (χ0) is 12.6. The molecule has 90 valence electrons. The largest absolute Gasteiger partial charge is 0.371 e. The highest BCUT2D eigenvalue weighted by Crippen LogP contribution is 2.36. The molecule has 1 amide bonds. The Morgan fingerprint density at radius 2 is 2.00 bits per heavy atom. The Labute approximate surface area is 99.9 Å². The van der Waals surface area contributed by atoms with E-state index in [-0.39, 0.29) is 18.1 Å². The molecule has 1 aliphatic rings. The lowest BCUT2D eigenvalue weighted by Gasteiger charge is -2.29. The maximum absolute atomic E-state index is 12.1. The number of aliphatic hydroxyl groups is 1. The molecule has 4 nitrogen and oxygen atoms in total. The summed E-state index contributed by atoms with van der Waals surface area (Å²) in [6.45, 7) is 2.94. The molecule has 1 heterocycles. The summed E-state index contributed by atoms with van der Waals surface area (Å²) in [5, 5.41) is 10.3. The normalized spacial score (nSPS) is 28.5. The molecule has 0 radical (unpaired) electrons. The molecule has 2 atom stereocenters. The van der Waals surface area contributed by atoms with Crippen molar-refractivity contribution >= 4 is 17.4 Å². The van der Waals surface area contributed by atoms with Crippen LogP contribution in [0.15, 0.2) is 30.3 Å². The van der Waals surface area contributed by atoms with Crippen molar-refractivity contribution in [1.29, 1.82) is 0 Å². The van der Waals surface area contributed by atoms with E-state index in [4.69, 9.17) is 0 Å². The molecule has 0 saturated carbocycles. The van der Waals surface area contributed by atoms with Crippen molar-refractivity contribution in [1.82, 2.24) is 0 Å². The highest BCUT2D eigenvalue weighted by molar-refractivity contribution is 6.10. The monoisotopic (exact) mass is 233 g/mol. The maximum Gasteiger partial charge on any atom is 0.240 e. The second-order valence-electron chi connectivity index (χ2n) is 4.59. The van der Waals surface area contributed by atoms with Gasteiger partial charge in [-0.05, 0) is 26.0 Å². The van der Waals surface area contributed by atoms with Crippen molar-refractivity contribution in [3.05, 3.63) is 30.3 Å². The van der Waals surface area contributed by atoms with Crippen molar-refractivity contribution in [3.8, 4) is 0 Å². The fraction of sp³-hybridized carbons (Fsp3) is 0.385. The van der Waals surface area contributed by atoms with Gasteiger partial charge in [-0.1, -0.05) is 18.2 Å². The first-order valence-corrected chi connectivity index (χ1v) is 5.55. The fourth-order valence-corrected chi connectivity index (χ4v) is 2.26. The highest BCUT2D eigenvalue weighted by atomic mass is 16.3. The number of nitrogens with zero attached hydrogens (tertiary/aromatic N) is 1. The first kappa shape index (κ1) is 11.8. The van der Waals surface area contributed by atoms with Crippen LogP contribution in [0.2, 0.25) is 0 Å². The molecule has 2 rings (SSSR count). The Morgan fingerprint density at radius 3 is 2.47 bits per heavy atom. The molecule has 0 spiro atoms. The lowest BCUT2D eigenvalue weighted by atomic mass is 10.0. The zero-order valence-corrected chi connectivity index (χ0v) is 9.88. The molecule has 1 aromatic carbocycles. The summed E-state index contributed by atoms with van der Waals surface area (Å²) in [5.41, 5.74) is -0.680. The molecule has 1 N–H and O–H groups in total. The minimum Gasteiger partial charge on any atom is -0.371 e. The van der Waals surface area contributed by atoms with Crippen LogP contribution in [0.25, 0.3) is 0 Å². The van der Waals surface area contributed by atoms with Gasteiger partial charge < -0.3 is 5.11 Å². The highest BCUT2D eigenvalue weighted by Gasteiger charge is 2.49. The Bertz CT molecular complexity index is 453. The number of carbonyl (C=O) groups is 2. The molecule has 1 aliphatic heterocycles. The van der Waals surface area contributed by atoms with Crippen LogP contribution in [0.4, 0.5) is 5.69 Å². The lowest BCUT2D eigenvalue weighted by Crippen LogP contribution is -2.43. The number of para-hydroxylation sites is 1. The van der Waals surface area contributed by atoms with Crippen molar-refractivity contribution < 1.29 is 14.7 Å². The SMILES string of the molecule is CC(=O)C1CC(C)(O)N(c2ccccc2)C1=O. The Morgan fingerprint density at radius 1 is 1.41 bits per heavy atom. The van der Waals surface area contributed by atoms with Crippen molar-refractivity contribution in [3.63, 3.8) is 0 Å². The van der Waals surface area contributed by atoms with Crippen LogP contribution in [0.1, 0.15) is 20.3 Å². The predicted octanol–water partition coefficient (Wildman–Crippen LogP) is 1.34. The fourth-order valence-electron chi connectivity index (χ4n) is 2.26. The number of amides is 1. The van der Waals surface area contributed by atoms with Crippen LogP contribution in [-0.4, -0.2) is 22.5 Å². The summed E-state index contributed by atoms with van der Waals surface area (Å²) < 4.78 is 0. The van der Waals surface area contributed by atoms with Gasteiger partial charge in [0.15, 0.2) is 0 Å². The van der Waals surface area contributed by atoms with Gasteiger partial charge in [0, 0.05) is 12.1 Å². The molecule has 4 heteroatoms. The average Bonchev–Trinajstić information content (AvgIpc) is 2.50. The van der Waals surface area contributed by atoms with Gasteiger partial charge in [0.1, 0.15) is 17.4 Å². The van der Waals surface area contributed by atoms with Crippen LogP contribution >= 0.6 is 0 Å². The van der Waals surface area contributed by atoms with Crippen molar-refractivity contribution in [2.24, 2.45) is 5.92 Å². The van der Waals surface area contributed by atoms with E-state index in [0.717, 1.165) is 0 Å². The third-order valence-corrected chi connectivity index (χ3v) is 3.10. The zero-order valence-electron chi connectivity index (χ0n) is 9.88.